The first kappa shape index (κ1) is 42.3. The van der Waals surface area contributed by atoms with Crippen molar-refractivity contribution in [3.05, 3.63) is 90.5 Å². The first-order valence-corrected chi connectivity index (χ1v) is 23.6. The van der Waals surface area contributed by atoms with Crippen molar-refractivity contribution < 1.29 is 31.7 Å². The van der Waals surface area contributed by atoms with Crippen molar-refractivity contribution in [2.24, 2.45) is 5.92 Å². The Morgan fingerprint density at radius 3 is 2.08 bits per heavy atom. The van der Waals surface area contributed by atoms with E-state index in [0.29, 0.717) is 13.0 Å². The van der Waals surface area contributed by atoms with Crippen LogP contribution in [-0.2, 0) is 28.3 Å². The van der Waals surface area contributed by atoms with Crippen molar-refractivity contribution in [2.75, 3.05) is 18.1 Å². The highest BCUT2D eigenvalue weighted by Gasteiger charge is 2.52. The van der Waals surface area contributed by atoms with E-state index in [4.69, 9.17) is 8.61 Å². The predicted molar refractivity (Wildman–Crippen MR) is 218 cm³/mol. The molecular formula is C41H56O7S3Si. The van der Waals surface area contributed by atoms with Gasteiger partial charge < -0.3 is 13.7 Å². The fourth-order valence-electron chi connectivity index (χ4n) is 7.38. The number of aryl methyl sites for hydroxylation is 1. The zero-order chi connectivity index (χ0) is 38.2. The second-order valence-corrected chi connectivity index (χ2v) is 24.1. The molecule has 4 atom stereocenters. The third kappa shape index (κ3) is 9.81. The Morgan fingerprint density at radius 2 is 1.52 bits per heavy atom. The third-order valence-electron chi connectivity index (χ3n) is 10.4. The van der Waals surface area contributed by atoms with Crippen molar-refractivity contribution in [2.45, 2.75) is 113 Å². The number of ketones is 1. The van der Waals surface area contributed by atoms with Gasteiger partial charge in [-0.2, -0.15) is 31.9 Å². The highest BCUT2D eigenvalue weighted by atomic mass is 32.2. The van der Waals surface area contributed by atoms with E-state index < -0.39 is 40.5 Å². The molecule has 284 valence electrons. The van der Waals surface area contributed by atoms with E-state index in [-0.39, 0.29) is 33.9 Å². The highest BCUT2D eigenvalue weighted by Crippen LogP contribution is 2.51. The molecule has 0 bridgehead atoms. The van der Waals surface area contributed by atoms with E-state index in [1.54, 1.807) is 35.7 Å². The van der Waals surface area contributed by atoms with Gasteiger partial charge in [-0.3, -0.25) is 4.79 Å². The minimum atomic E-state index is -4.44. The smallest absolute Gasteiger partial charge is 0.390 e. The number of carbonyl (C=O) groups is 2. The van der Waals surface area contributed by atoms with Gasteiger partial charge in [0.1, 0.15) is 4.90 Å². The van der Waals surface area contributed by atoms with E-state index in [1.165, 1.54) is 22.5 Å². The second-order valence-electron chi connectivity index (χ2n) is 15.4. The monoisotopic (exact) mass is 784 g/mol. The molecule has 0 aliphatic carbocycles. The number of benzene rings is 3. The summed E-state index contributed by atoms with van der Waals surface area (Å²) < 4.78 is 36.6. The molecule has 1 saturated heterocycles. The molecule has 1 aliphatic rings. The minimum absolute atomic E-state index is 0.00832. The van der Waals surface area contributed by atoms with Crippen LogP contribution in [0.15, 0.2) is 89.8 Å². The van der Waals surface area contributed by atoms with Crippen molar-refractivity contribution in [3.8, 4) is 0 Å². The molecule has 1 heterocycles. The molecule has 4 unspecified atom stereocenters. The van der Waals surface area contributed by atoms with E-state index in [2.05, 4.69) is 83.1 Å². The van der Waals surface area contributed by atoms with Crippen LogP contribution in [0.1, 0.15) is 85.6 Å². The zero-order valence-electron chi connectivity index (χ0n) is 31.7. The number of aliphatic hydroxyl groups is 1. The molecule has 0 saturated carbocycles. The minimum Gasteiger partial charge on any atom is -0.407 e. The molecule has 1 fully saturated rings. The van der Waals surface area contributed by atoms with E-state index in [1.807, 2.05) is 26.0 Å². The number of hydrogen-bond acceptors (Lipinski definition) is 9. The zero-order valence-corrected chi connectivity index (χ0v) is 35.2. The molecule has 0 spiro atoms. The molecule has 52 heavy (non-hydrogen) atoms. The lowest BCUT2D eigenvalue weighted by Gasteiger charge is -2.48. The van der Waals surface area contributed by atoms with Crippen LogP contribution in [0.5, 0.6) is 0 Å². The maximum atomic E-state index is 13.1. The number of carbonyl (C=O) groups excluding carboxylic acids is 2. The summed E-state index contributed by atoms with van der Waals surface area (Å²) in [7, 11) is -7.11. The summed E-state index contributed by atoms with van der Waals surface area (Å²) in [5.41, 5.74) is -0.310. The fraction of sp³-hybridized carbons (Fsp3) is 0.512. The molecule has 0 amide bonds. The first-order chi connectivity index (χ1) is 24.4. The number of Topliss-reactive ketones (excluding diaryl/α,β-unsaturated/α-hetero) is 1. The van der Waals surface area contributed by atoms with Gasteiger partial charge in [-0.05, 0) is 84.5 Å². The van der Waals surface area contributed by atoms with Crippen LogP contribution in [0.2, 0.25) is 5.04 Å². The molecule has 4 rings (SSSR count). The van der Waals surface area contributed by atoms with Gasteiger partial charge in [-0.1, -0.05) is 119 Å². The Hall–Kier alpha value is -2.41. The Morgan fingerprint density at radius 1 is 0.942 bits per heavy atom. The third-order valence-corrected chi connectivity index (χ3v) is 20.2. The molecule has 0 aromatic heterocycles. The van der Waals surface area contributed by atoms with Gasteiger partial charge in [-0.15, -0.1) is 0 Å². The molecule has 3 aromatic carbocycles. The Bertz CT molecular complexity index is 1690. The lowest BCUT2D eigenvalue weighted by atomic mass is 9.78. The molecule has 7 nitrogen and oxygen atoms in total. The Labute approximate surface area is 321 Å². The summed E-state index contributed by atoms with van der Waals surface area (Å²) in [6.45, 7) is 15.4. The topological polar surface area (TPSA) is 107 Å². The van der Waals surface area contributed by atoms with Crippen LogP contribution < -0.4 is 10.4 Å². The fourth-order valence-corrected chi connectivity index (χ4v) is 16.4. The van der Waals surface area contributed by atoms with Crippen molar-refractivity contribution in [1.29, 1.82) is 0 Å². The van der Waals surface area contributed by atoms with Gasteiger partial charge in [0.2, 0.25) is 5.78 Å². The Balaban J connectivity index is 1.44. The summed E-state index contributed by atoms with van der Waals surface area (Å²) in [5.74, 6) is -0.329. The van der Waals surface area contributed by atoms with E-state index in [0.717, 1.165) is 36.3 Å². The molecule has 1 aliphatic heterocycles. The van der Waals surface area contributed by atoms with E-state index in [9.17, 15) is 23.1 Å². The van der Waals surface area contributed by atoms with Crippen LogP contribution >= 0.6 is 23.5 Å². The standard InChI is InChI=1S/C41H56O7S3Si/c1-31-21-23-34(24-22-31)51(45,46)48-38(43)37(42)25-27-41(33(3)49-28-15-29-50-41)40(7,44)26-14-16-32(2)30-47-52(39(4,5)6,35-17-10-8-11-18-35)36-19-12-9-13-20-36/h8-13,17-24,32-33,44H,14-16,25-30H2,1-7H3. The van der Waals surface area contributed by atoms with Crippen LogP contribution in [0.25, 0.3) is 0 Å². The summed E-state index contributed by atoms with van der Waals surface area (Å²) in [5, 5.41) is 14.6. The SMILES string of the molecule is Cc1ccc(S(=O)(=O)OC(=O)C(=O)CCC2(C(C)(O)CCCC(C)CO[Si](c3ccccc3)(c3ccccc3)C(C)(C)C)SCCCSC2C)cc1. The average molecular weight is 785 g/mol. The lowest BCUT2D eigenvalue weighted by Crippen LogP contribution is -2.66. The molecule has 1 N–H and O–H groups in total. The van der Waals surface area contributed by atoms with Gasteiger partial charge >= 0.3 is 16.1 Å². The summed E-state index contributed by atoms with van der Waals surface area (Å²) in [4.78, 5) is 25.7. The maximum Gasteiger partial charge on any atom is 0.390 e. The highest BCUT2D eigenvalue weighted by molar-refractivity contribution is 8.05. The normalized spacial score (nSPS) is 20.3. The lowest BCUT2D eigenvalue weighted by molar-refractivity contribution is -0.147. The van der Waals surface area contributed by atoms with Crippen LogP contribution in [0.3, 0.4) is 0 Å². The molecule has 0 radical (unpaired) electrons. The molecule has 11 heteroatoms. The van der Waals surface area contributed by atoms with Gasteiger partial charge in [-0.25, -0.2) is 4.79 Å². The maximum absolute atomic E-state index is 13.1. The van der Waals surface area contributed by atoms with E-state index >= 15 is 0 Å². The van der Waals surface area contributed by atoms with Crippen molar-refractivity contribution in [3.63, 3.8) is 0 Å². The largest absolute Gasteiger partial charge is 0.407 e. The van der Waals surface area contributed by atoms with Gasteiger partial charge in [0.05, 0.1) is 10.3 Å². The van der Waals surface area contributed by atoms with Crippen molar-refractivity contribution in [1.82, 2.24) is 0 Å². The second kappa shape index (κ2) is 17.8. The Kier molecular flexibility index (Phi) is 14.5. The number of thioether (sulfide) groups is 2. The van der Waals surface area contributed by atoms with Gasteiger partial charge in [0.15, 0.2) is 0 Å². The summed E-state index contributed by atoms with van der Waals surface area (Å²) >= 11 is 3.44. The molecule has 3 aromatic rings. The van der Waals surface area contributed by atoms with Crippen LogP contribution in [-0.4, -0.2) is 67.3 Å². The summed E-state index contributed by atoms with van der Waals surface area (Å²) in [6.07, 6.45) is 3.08. The van der Waals surface area contributed by atoms with Crippen LogP contribution in [0.4, 0.5) is 0 Å². The number of rotatable bonds is 16. The van der Waals surface area contributed by atoms with Crippen LogP contribution in [0, 0.1) is 12.8 Å². The quantitative estimate of drug-likeness (QED) is 0.0889. The van der Waals surface area contributed by atoms with Gasteiger partial charge in [0.25, 0.3) is 8.32 Å². The average Bonchev–Trinajstić information content (AvgIpc) is 3.29. The molecular weight excluding hydrogens is 729 g/mol. The summed E-state index contributed by atoms with van der Waals surface area (Å²) in [6, 6.07) is 27.1. The van der Waals surface area contributed by atoms with Crippen molar-refractivity contribution >= 4 is 64.1 Å². The first-order valence-electron chi connectivity index (χ1n) is 18.3. The number of hydrogen-bond donors (Lipinski definition) is 1. The predicted octanol–water partition coefficient (Wildman–Crippen LogP) is 7.71. The van der Waals surface area contributed by atoms with Gasteiger partial charge in [0, 0.05) is 18.3 Å².